The lowest BCUT2D eigenvalue weighted by atomic mass is 9.64. The van der Waals surface area contributed by atoms with E-state index in [4.69, 9.17) is 0 Å². The van der Waals surface area contributed by atoms with Crippen LogP contribution in [0.4, 0.5) is 39.5 Å². The zero-order valence-corrected chi connectivity index (χ0v) is 20.0. The van der Waals surface area contributed by atoms with Gasteiger partial charge in [0.05, 0.1) is 5.60 Å². The Kier molecular flexibility index (Phi) is 10.2. The fourth-order valence-corrected chi connectivity index (χ4v) is 3.55. The van der Waals surface area contributed by atoms with Crippen molar-refractivity contribution in [1.82, 2.24) is 0 Å². The maximum absolute atomic E-state index is 13.0. The highest BCUT2D eigenvalue weighted by Crippen LogP contribution is 2.54. The van der Waals surface area contributed by atoms with E-state index in [0.717, 1.165) is 0 Å². The topological polar surface area (TPSA) is 66.8 Å². The summed E-state index contributed by atoms with van der Waals surface area (Å²) in [6.45, 7) is 13.1. The van der Waals surface area contributed by atoms with Crippen molar-refractivity contribution in [3.63, 3.8) is 0 Å². The number of ether oxygens (including phenoxy) is 1. The van der Waals surface area contributed by atoms with E-state index in [1.807, 2.05) is 0 Å². The molecule has 3 unspecified atom stereocenters. The summed E-state index contributed by atoms with van der Waals surface area (Å²) < 4.78 is 118. The van der Waals surface area contributed by atoms with E-state index >= 15 is 0 Å². The third-order valence-corrected chi connectivity index (χ3v) is 5.52. The molecule has 0 spiro atoms. The van der Waals surface area contributed by atoms with Crippen LogP contribution in [0.1, 0.15) is 53.9 Å². The number of esters is 1. The number of hydrogen-bond acceptors (Lipinski definition) is 4. The van der Waals surface area contributed by atoms with E-state index in [0.29, 0.717) is 0 Å². The van der Waals surface area contributed by atoms with E-state index in [-0.39, 0.29) is 6.42 Å². The highest BCUT2D eigenvalue weighted by molar-refractivity contribution is 5.89. The lowest BCUT2D eigenvalue weighted by Crippen LogP contribution is -2.63. The summed E-state index contributed by atoms with van der Waals surface area (Å²) in [5, 5.41) is 19.5. The van der Waals surface area contributed by atoms with Crippen LogP contribution in [-0.4, -0.2) is 51.5 Å². The van der Waals surface area contributed by atoms with Crippen LogP contribution < -0.4 is 0 Å². The molecule has 0 aromatic carbocycles. The van der Waals surface area contributed by atoms with Gasteiger partial charge in [0.15, 0.2) is 0 Å². The third kappa shape index (κ3) is 9.00. The summed E-state index contributed by atoms with van der Waals surface area (Å²) in [5.41, 5.74) is -8.66. The van der Waals surface area contributed by atoms with Crippen LogP contribution in [0.15, 0.2) is 24.8 Å². The molecule has 2 N–H and O–H groups in total. The molecule has 1 fully saturated rings. The average molecular weight is 530 g/mol. The van der Waals surface area contributed by atoms with Gasteiger partial charge in [-0.15, -0.1) is 6.58 Å². The largest absolute Gasteiger partial charge is 0.456 e. The molecule has 0 saturated heterocycles. The molecule has 35 heavy (non-hydrogen) atoms. The molecule has 3 atom stereocenters. The first-order valence-electron chi connectivity index (χ1n) is 10.4. The number of halogens is 9. The van der Waals surface area contributed by atoms with Crippen molar-refractivity contribution in [2.75, 3.05) is 0 Å². The Morgan fingerprint density at radius 1 is 0.829 bits per heavy atom. The molecule has 0 radical (unpaired) electrons. The molecule has 0 heterocycles. The van der Waals surface area contributed by atoms with Crippen molar-refractivity contribution in [1.29, 1.82) is 0 Å². The van der Waals surface area contributed by atoms with Crippen LogP contribution in [0, 0.1) is 17.8 Å². The van der Waals surface area contributed by atoms with Crippen molar-refractivity contribution in [3.05, 3.63) is 24.8 Å². The van der Waals surface area contributed by atoms with Gasteiger partial charge in [-0.1, -0.05) is 12.7 Å². The molecule has 13 heteroatoms. The Labute approximate surface area is 197 Å². The molecule has 206 valence electrons. The second kappa shape index (κ2) is 10.7. The first-order chi connectivity index (χ1) is 15.2. The summed E-state index contributed by atoms with van der Waals surface area (Å²) in [4.78, 5) is 10.8. The summed E-state index contributed by atoms with van der Waals surface area (Å²) in [6.07, 6.45) is -15.9. The van der Waals surface area contributed by atoms with Gasteiger partial charge < -0.3 is 14.9 Å². The Morgan fingerprint density at radius 3 is 1.51 bits per heavy atom. The minimum atomic E-state index is -5.84. The number of carbonyl (C=O) groups is 1. The Hall–Kier alpha value is -1.76. The monoisotopic (exact) mass is 530 g/mol. The molecular weight excluding hydrogens is 499 g/mol. The van der Waals surface area contributed by atoms with Crippen molar-refractivity contribution in [2.45, 2.75) is 89.2 Å². The van der Waals surface area contributed by atoms with Crippen LogP contribution in [0.3, 0.4) is 0 Å². The maximum atomic E-state index is 13.0. The van der Waals surface area contributed by atoms with Gasteiger partial charge in [-0.3, -0.25) is 0 Å². The number of rotatable bonds is 4. The van der Waals surface area contributed by atoms with Crippen molar-refractivity contribution in [3.8, 4) is 0 Å². The molecule has 4 nitrogen and oxygen atoms in total. The van der Waals surface area contributed by atoms with Gasteiger partial charge >= 0.3 is 24.5 Å². The van der Waals surface area contributed by atoms with E-state index in [1.54, 1.807) is 0 Å². The SMILES string of the molecule is C=C(C(=O)OC(C)(C)C)C(F)(F)F.C=CC1CC(C(C)(C)O)CC(C(O)(C(F)(F)F)C(F)(F)F)C1. The fraction of sp³-hybridized carbons (Fsp3) is 0.773. The summed E-state index contributed by atoms with van der Waals surface area (Å²) in [6, 6.07) is 0. The number of hydrogen-bond donors (Lipinski definition) is 2. The maximum Gasteiger partial charge on any atom is 0.426 e. The molecule has 0 aliphatic heterocycles. The summed E-state index contributed by atoms with van der Waals surface area (Å²) in [7, 11) is 0. The van der Waals surface area contributed by atoms with Gasteiger partial charge in [0, 0.05) is 5.92 Å². The second-order valence-electron chi connectivity index (χ2n) is 9.99. The van der Waals surface area contributed by atoms with E-state index in [1.165, 1.54) is 40.7 Å². The molecule has 1 aliphatic carbocycles. The predicted molar refractivity (Wildman–Crippen MR) is 109 cm³/mol. The smallest absolute Gasteiger partial charge is 0.426 e. The molecular formula is C22H31F9O4. The second-order valence-corrected chi connectivity index (χ2v) is 9.99. The molecule has 0 amide bonds. The van der Waals surface area contributed by atoms with Crippen LogP contribution in [-0.2, 0) is 9.53 Å². The molecule has 0 aromatic rings. The quantitative estimate of drug-likeness (QED) is 0.194. The first kappa shape index (κ1) is 33.2. The Morgan fingerprint density at radius 2 is 1.23 bits per heavy atom. The molecule has 1 rings (SSSR count). The van der Waals surface area contributed by atoms with Gasteiger partial charge in [-0.05, 0) is 65.7 Å². The van der Waals surface area contributed by atoms with Crippen molar-refractivity contribution in [2.24, 2.45) is 17.8 Å². The zero-order chi connectivity index (χ0) is 28.4. The highest BCUT2D eigenvalue weighted by Gasteiger charge is 2.74. The zero-order valence-electron chi connectivity index (χ0n) is 20.0. The van der Waals surface area contributed by atoms with Crippen LogP contribution in [0.25, 0.3) is 0 Å². The number of carbonyl (C=O) groups excluding carboxylic acids is 1. The molecule has 0 bridgehead atoms. The van der Waals surface area contributed by atoms with Crippen LogP contribution in [0.5, 0.6) is 0 Å². The standard InChI is InChI=1S/C14H20F6O2.C8H11F3O2/c1-4-8-5-9(11(2,3)21)7-10(6-8)12(22,13(15,16)17)14(18,19)20;1-5(8(9,10)11)6(12)13-7(2,3)4/h4,8-10,21-22H,1,5-7H2,2-3H3;1H2,2-4H3. The van der Waals surface area contributed by atoms with Crippen molar-refractivity contribution < 1.29 is 59.3 Å². The highest BCUT2D eigenvalue weighted by atomic mass is 19.4. The van der Waals surface area contributed by atoms with Gasteiger partial charge in [0.2, 0.25) is 0 Å². The summed E-state index contributed by atoms with van der Waals surface area (Å²) >= 11 is 0. The Balaban J connectivity index is 0.000000761. The van der Waals surface area contributed by atoms with Crippen LogP contribution in [0.2, 0.25) is 0 Å². The van der Waals surface area contributed by atoms with E-state index < -0.39 is 77.5 Å². The average Bonchev–Trinajstić information content (AvgIpc) is 2.62. The third-order valence-electron chi connectivity index (χ3n) is 5.52. The van der Waals surface area contributed by atoms with Gasteiger partial charge in [0.25, 0.3) is 5.60 Å². The van der Waals surface area contributed by atoms with Gasteiger partial charge in [0.1, 0.15) is 11.2 Å². The lowest BCUT2D eigenvalue weighted by Gasteiger charge is -2.46. The normalized spacial score (nSPS) is 22.6. The number of alkyl halides is 9. The summed E-state index contributed by atoms with van der Waals surface area (Å²) in [5.74, 6) is -4.95. The lowest BCUT2D eigenvalue weighted by molar-refractivity contribution is -0.389. The minimum Gasteiger partial charge on any atom is -0.456 e. The Bertz CT molecular complexity index is 739. The first-order valence-corrected chi connectivity index (χ1v) is 10.4. The van der Waals surface area contributed by atoms with E-state index in [2.05, 4.69) is 17.9 Å². The van der Waals surface area contributed by atoms with Gasteiger partial charge in [-0.25, -0.2) is 4.79 Å². The number of aliphatic hydroxyl groups is 2. The number of allylic oxidation sites excluding steroid dienone is 1. The minimum absolute atomic E-state index is 0.231. The van der Waals surface area contributed by atoms with Crippen LogP contribution >= 0.6 is 0 Å². The van der Waals surface area contributed by atoms with Crippen molar-refractivity contribution >= 4 is 5.97 Å². The molecule has 0 aromatic heterocycles. The fourth-order valence-electron chi connectivity index (χ4n) is 3.55. The van der Waals surface area contributed by atoms with Gasteiger partial charge in [-0.2, -0.15) is 39.5 Å². The molecule has 1 aliphatic rings. The van der Waals surface area contributed by atoms with E-state index in [9.17, 15) is 54.5 Å². The molecule has 1 saturated carbocycles. The predicted octanol–water partition coefficient (Wildman–Crippen LogP) is 6.28.